The van der Waals surface area contributed by atoms with Crippen molar-refractivity contribution >= 4 is 110 Å². The van der Waals surface area contributed by atoms with Crippen LogP contribution >= 0.6 is 45.5 Å². The molecule has 10 heterocycles. The molecule has 746 valence electrons. The molecule has 15 rings (SSSR count). The van der Waals surface area contributed by atoms with Crippen molar-refractivity contribution in [1.29, 1.82) is 0 Å². The molecule has 4 saturated heterocycles. The van der Waals surface area contributed by atoms with Gasteiger partial charge in [-0.3, -0.25) is 52.7 Å². The Hall–Kier alpha value is -11.6. The summed E-state index contributed by atoms with van der Waals surface area (Å²) >= 11 is 6.14. The molecule has 0 bridgehead atoms. The highest BCUT2D eigenvalue weighted by molar-refractivity contribution is 7.14. The molecular formula is C106H132N14O16S4. The van der Waals surface area contributed by atoms with Crippen molar-refractivity contribution in [3.63, 3.8) is 0 Å². The zero-order valence-corrected chi connectivity index (χ0v) is 86.0. The van der Waals surface area contributed by atoms with Crippen LogP contribution < -0.4 is 16.0 Å². The second-order valence-electron chi connectivity index (χ2n) is 39.5. The number of rotatable bonds is 31. The molecule has 14 atom stereocenters. The van der Waals surface area contributed by atoms with Crippen molar-refractivity contribution in [2.75, 3.05) is 26.2 Å². The summed E-state index contributed by atoms with van der Waals surface area (Å²) in [6.07, 6.45) is 3.32. The number of benzene rings is 5. The van der Waals surface area contributed by atoms with E-state index in [-0.39, 0.29) is 172 Å². The molecule has 0 radical (unpaired) electrons. The van der Waals surface area contributed by atoms with E-state index in [0.29, 0.717) is 30.6 Å². The number of β-amino-alcohol motifs (C(OH)–C–C–N with tert-alkyl or cyclic N) is 4. The molecule has 0 unspecified atom stereocenters. The molecule has 140 heavy (non-hydrogen) atoms. The summed E-state index contributed by atoms with van der Waals surface area (Å²) < 4.78 is 5.72. The summed E-state index contributed by atoms with van der Waals surface area (Å²) in [6.45, 7) is 32.2. The Morgan fingerprint density at radius 2 is 0.950 bits per heavy atom. The lowest BCUT2D eigenvalue weighted by atomic mass is 9.85. The number of aryl methyl sites for hydroxylation is 6. The summed E-state index contributed by atoms with van der Waals surface area (Å²) in [5.74, 6) is -2.68. The number of thiophene rings is 1. The maximum absolute atomic E-state index is 13.8. The lowest BCUT2D eigenvalue weighted by molar-refractivity contribution is -0.144. The second kappa shape index (κ2) is 47.8. The Morgan fingerprint density at radius 3 is 1.39 bits per heavy atom. The molecule has 5 aromatic heterocycles. The number of hydrogen-bond donors (Lipinski definition) is 8. The van der Waals surface area contributed by atoms with Gasteiger partial charge in [0, 0.05) is 108 Å². The van der Waals surface area contributed by atoms with Crippen molar-refractivity contribution in [2.45, 2.75) is 273 Å². The van der Waals surface area contributed by atoms with Gasteiger partial charge in [-0.1, -0.05) is 189 Å². The summed E-state index contributed by atoms with van der Waals surface area (Å²) in [5, 5.41) is 65.1. The van der Waals surface area contributed by atoms with Gasteiger partial charge in [-0.2, -0.15) is 0 Å². The van der Waals surface area contributed by atoms with Gasteiger partial charge in [-0.25, -0.2) is 15.0 Å². The molecule has 34 heteroatoms. The Labute approximate surface area is 835 Å². The minimum Gasteiger partial charge on any atom is -0.391 e. The number of aliphatic hydroxyl groups is 5. The van der Waals surface area contributed by atoms with Gasteiger partial charge in [0.05, 0.1) is 104 Å². The normalized spacial score (nSPS) is 19.7. The van der Waals surface area contributed by atoms with Crippen LogP contribution in [-0.2, 0) is 73.9 Å². The first-order chi connectivity index (χ1) is 66.5. The van der Waals surface area contributed by atoms with Crippen LogP contribution in [0.5, 0.6) is 0 Å². The number of carbonyl (C=O) groups excluding carboxylic acids is 11. The van der Waals surface area contributed by atoms with Gasteiger partial charge < -0.3 is 70.5 Å². The van der Waals surface area contributed by atoms with E-state index in [1.165, 1.54) is 50.5 Å². The number of fused-ring (bicyclic) bond motifs is 1. The van der Waals surface area contributed by atoms with E-state index in [4.69, 9.17) is 0 Å². The molecule has 8 N–H and O–H groups in total. The third kappa shape index (κ3) is 26.4. The summed E-state index contributed by atoms with van der Waals surface area (Å²) in [7, 11) is 0. The van der Waals surface area contributed by atoms with Crippen LogP contribution in [0.3, 0.4) is 0 Å². The number of nitrogens with zero attached hydrogens (tertiary/aromatic N) is 11. The van der Waals surface area contributed by atoms with Crippen molar-refractivity contribution in [2.24, 2.45) is 23.2 Å². The molecule has 0 aliphatic carbocycles. The number of hydrogen-bond acceptors (Lipinski definition) is 25. The monoisotopic (exact) mass is 1980 g/mol. The number of imidazole rings is 1. The van der Waals surface area contributed by atoms with Crippen molar-refractivity contribution in [3.8, 4) is 41.8 Å². The number of nitrogens with one attached hydrogen (secondary N) is 3. The van der Waals surface area contributed by atoms with E-state index in [1.54, 1.807) is 60.8 Å². The first kappa shape index (κ1) is 107. The molecule has 5 aliphatic heterocycles. The van der Waals surface area contributed by atoms with E-state index < -0.39 is 78.2 Å². The van der Waals surface area contributed by atoms with E-state index in [2.05, 4.69) is 58.9 Å². The van der Waals surface area contributed by atoms with E-state index in [1.807, 2.05) is 229 Å². The fraction of sp³-hybridized carbons (Fsp3) is 0.472. The van der Waals surface area contributed by atoms with Gasteiger partial charge in [-0.15, -0.1) is 39.1 Å². The van der Waals surface area contributed by atoms with Crippen molar-refractivity contribution in [3.05, 3.63) is 218 Å². The summed E-state index contributed by atoms with van der Waals surface area (Å²) in [6, 6.07) is 35.9. The van der Waals surface area contributed by atoms with Crippen LogP contribution in [-0.4, -0.2) is 237 Å². The standard InChI is InChI=1S/C30H33N3O4S.C26H33N5O4S.C26H35N3O4S.C24H31N3O4S/c1-18(2)27(33-15-22-6-4-5-7-24(22)29(33)36)30(37)32-16-23(34)14-25(32)26(35)13-10-20-8-11-21(12-9-20)28-19(3)31-17-38-28;1-15(2)24(30-11-17(4)27-14-30)26(35)31-12-20(33)10-22(31)23(34)9-16(3)18-5-7-19(8-6-18)25-21(13-32)28-29-36-25;1-15-11-12-34-22(15)19-9-7-18(8-10-19)16(2)27-24(32)21-13-20(31)14-29(21)25(33)23(26(4,5)6)28-17(3)30;1-14(2)22(26-16(4)28)24(31)27-12-19(29)11-20(27)21(30)10-7-17-5-8-18(9-6-17)23-15(3)25-13-32-23/h4-9,11-12,17-18,23,25,27,34H,10,13-16H2,1-3H3;5-8,11,14-16,20,22,24,32-33H,9-10,12-13H2,1-4H3;7-12,16,20-21,23,31H,13-14H2,1-6H3,(H,27,32)(H,28,30);5-6,8-9,13-14,19-20,22,29H,7,10-12H2,1-4H3,(H,26,28)/t23-,25+,27+;16-,20-,22+,24+;16-,20+,21-,23+;19-,20+,22+/m1101/s1. The predicted octanol–water partition coefficient (Wildman–Crippen LogP) is 13.5. The fourth-order valence-corrected chi connectivity index (χ4v) is 22.2. The van der Waals surface area contributed by atoms with Gasteiger partial charge in [0.1, 0.15) is 35.9 Å². The Kier molecular flexibility index (Phi) is 36.6. The van der Waals surface area contributed by atoms with Crippen LogP contribution in [0.25, 0.3) is 41.8 Å². The lowest BCUT2D eigenvalue weighted by Crippen LogP contribution is -2.57. The third-order valence-corrected chi connectivity index (χ3v) is 30.4. The smallest absolute Gasteiger partial charge is 0.255 e. The van der Waals surface area contributed by atoms with Crippen molar-refractivity contribution in [1.82, 2.24) is 69.6 Å². The van der Waals surface area contributed by atoms with Gasteiger partial charge in [0.2, 0.25) is 41.4 Å². The van der Waals surface area contributed by atoms with Crippen molar-refractivity contribution < 1.29 is 78.3 Å². The molecule has 4 fully saturated rings. The first-order valence-corrected chi connectivity index (χ1v) is 51.3. The Bertz CT molecular complexity index is 6000. The van der Waals surface area contributed by atoms with Crippen LogP contribution in [0.1, 0.15) is 219 Å². The molecule has 5 aliphatic rings. The lowest BCUT2D eigenvalue weighted by Gasteiger charge is -2.35. The average Bonchev–Trinajstić information content (AvgIpc) is 1.62. The number of thiazole rings is 2. The summed E-state index contributed by atoms with van der Waals surface area (Å²) in [5.41, 5.74) is 17.5. The number of amides is 8. The number of likely N-dealkylation sites (tertiary alicyclic amines) is 4. The Balaban J connectivity index is 0.000000167. The van der Waals surface area contributed by atoms with E-state index >= 15 is 0 Å². The zero-order valence-electron chi connectivity index (χ0n) is 82.7. The van der Waals surface area contributed by atoms with Gasteiger partial charge in [0.15, 0.2) is 17.3 Å². The number of aliphatic hydroxyl groups excluding tert-OH is 5. The van der Waals surface area contributed by atoms with Crippen LogP contribution in [0.2, 0.25) is 0 Å². The van der Waals surface area contributed by atoms with Gasteiger partial charge >= 0.3 is 0 Å². The molecule has 5 aromatic carbocycles. The molecule has 30 nitrogen and oxygen atoms in total. The van der Waals surface area contributed by atoms with E-state index in [0.717, 1.165) is 81.8 Å². The minimum atomic E-state index is -0.795. The first-order valence-electron chi connectivity index (χ1n) is 47.9. The van der Waals surface area contributed by atoms with Crippen LogP contribution in [0.4, 0.5) is 0 Å². The highest BCUT2D eigenvalue weighted by atomic mass is 32.1. The summed E-state index contributed by atoms with van der Waals surface area (Å²) in [4.78, 5) is 168. The Morgan fingerprint density at radius 1 is 0.493 bits per heavy atom. The van der Waals surface area contributed by atoms with Crippen LogP contribution in [0.15, 0.2) is 156 Å². The number of ketones is 3. The highest BCUT2D eigenvalue weighted by Crippen LogP contribution is 2.39. The minimum absolute atomic E-state index is 0.00266. The quantitative estimate of drug-likeness (QED) is 0.0200. The number of Topliss-reactive ketones (excluding diaryl/α,β-unsaturated/α-hetero) is 3. The molecule has 0 saturated carbocycles. The molecular weight excluding hydrogens is 1850 g/mol. The SMILES string of the molecule is CC(=O)N[C@H](C(=O)N1C[C@H](O)C[C@H]1C(=O)CCc1ccc(-c2scnc2C)cc1)C(C)C.CC(=O)N[C@H](C(=O)N1C[C@H](O)C[C@H]1C(=O)N[C@@H](C)c1ccc(-c2sccc2C)cc1)C(C)(C)C.Cc1cn([C@H](C(=O)N2C[C@H](O)C[C@H]2C(=O)C[C@@H](C)c2ccc(-c3snnc3CO)cc2)C(C)C)cn1.Cc1ncsc1-c1ccc(CCC(=O)[C@@H]2C[C@@H](O)CN2C(=O)[C@H](C(C)C)N2Cc3ccccc3C2=O)cc1. The third-order valence-electron chi connectivity index (χ3n) is 26.5. The topological polar surface area (TPSA) is 411 Å². The maximum Gasteiger partial charge on any atom is 0.255 e. The van der Waals surface area contributed by atoms with Crippen LogP contribution in [0, 0.1) is 50.9 Å². The molecule has 8 amide bonds. The predicted molar refractivity (Wildman–Crippen MR) is 541 cm³/mol. The van der Waals surface area contributed by atoms with Gasteiger partial charge in [-0.05, 0) is 161 Å². The second-order valence-corrected chi connectivity index (χ2v) is 42.9. The number of carbonyl (C=O) groups is 11. The highest BCUT2D eigenvalue weighted by Gasteiger charge is 2.49. The van der Waals surface area contributed by atoms with Gasteiger partial charge in [0.25, 0.3) is 5.91 Å². The maximum atomic E-state index is 13.8. The molecule has 0 spiro atoms. The number of aromatic nitrogens is 6. The zero-order chi connectivity index (χ0) is 102. The molecule has 10 aromatic rings. The largest absolute Gasteiger partial charge is 0.391 e. The van der Waals surface area contributed by atoms with E-state index in [9.17, 15) is 78.3 Å². The fourth-order valence-electron chi connectivity index (χ4n) is 19.0. The average molecular weight is 1990 g/mol.